The zero-order chi connectivity index (χ0) is 14.3. The van der Waals surface area contributed by atoms with Gasteiger partial charge in [0.1, 0.15) is 0 Å². The van der Waals surface area contributed by atoms with E-state index in [9.17, 15) is 0 Å². The number of hydrogen-bond acceptors (Lipinski definition) is 1. The first kappa shape index (κ1) is 13.2. The molecule has 20 heavy (non-hydrogen) atoms. The van der Waals surface area contributed by atoms with Crippen LogP contribution in [0.15, 0.2) is 36.7 Å². The van der Waals surface area contributed by atoms with E-state index in [0.717, 1.165) is 11.9 Å². The van der Waals surface area contributed by atoms with E-state index < -0.39 is 0 Å². The van der Waals surface area contributed by atoms with Crippen molar-refractivity contribution in [3.05, 3.63) is 42.2 Å². The summed E-state index contributed by atoms with van der Waals surface area (Å²) in [5.41, 5.74) is 4.08. The molecule has 0 saturated heterocycles. The van der Waals surface area contributed by atoms with Gasteiger partial charge in [0.05, 0.1) is 0 Å². The maximum atomic E-state index is 4.25. The standard InChI is InChI=1S/C18H22N2/c1-12(2)18(3,4)10-13-5-6-16-14(9-13)15-11-19-8-7-17(15)20-16/h5-9,11-12,20H,10H2,1-4H3. The number of H-pyrrole nitrogens is 1. The Balaban J connectivity index is 2.08. The van der Waals surface area contributed by atoms with Gasteiger partial charge in [-0.15, -0.1) is 0 Å². The molecule has 0 unspecified atom stereocenters. The zero-order valence-corrected chi connectivity index (χ0v) is 12.7. The third-order valence-corrected chi connectivity index (χ3v) is 4.69. The van der Waals surface area contributed by atoms with Gasteiger partial charge in [-0.25, -0.2) is 0 Å². The number of benzene rings is 1. The Hall–Kier alpha value is -1.83. The van der Waals surface area contributed by atoms with Crippen molar-refractivity contribution in [2.75, 3.05) is 0 Å². The molecule has 2 heterocycles. The fourth-order valence-corrected chi connectivity index (χ4v) is 2.63. The number of pyridine rings is 1. The number of nitrogens with one attached hydrogen (secondary N) is 1. The van der Waals surface area contributed by atoms with Crippen molar-refractivity contribution in [3.63, 3.8) is 0 Å². The van der Waals surface area contributed by atoms with Crippen molar-refractivity contribution in [2.45, 2.75) is 34.1 Å². The molecule has 0 amide bonds. The molecule has 0 atom stereocenters. The zero-order valence-electron chi connectivity index (χ0n) is 12.7. The third kappa shape index (κ3) is 2.20. The molecule has 3 aromatic rings. The normalized spacial score (nSPS) is 12.7. The van der Waals surface area contributed by atoms with E-state index in [2.05, 4.69) is 55.9 Å². The van der Waals surface area contributed by atoms with Gasteiger partial charge in [-0.05, 0) is 41.5 Å². The fourth-order valence-electron chi connectivity index (χ4n) is 2.63. The van der Waals surface area contributed by atoms with Crippen molar-refractivity contribution < 1.29 is 0 Å². The maximum absolute atomic E-state index is 4.25. The quantitative estimate of drug-likeness (QED) is 0.714. The van der Waals surface area contributed by atoms with Crippen molar-refractivity contribution in [1.82, 2.24) is 9.97 Å². The summed E-state index contributed by atoms with van der Waals surface area (Å²) < 4.78 is 0. The highest BCUT2D eigenvalue weighted by Gasteiger charge is 2.22. The Morgan fingerprint density at radius 2 is 1.85 bits per heavy atom. The van der Waals surface area contributed by atoms with Crippen molar-refractivity contribution in [2.24, 2.45) is 11.3 Å². The molecule has 2 heteroatoms. The number of rotatable bonds is 3. The first-order valence-corrected chi connectivity index (χ1v) is 7.32. The van der Waals surface area contributed by atoms with Gasteiger partial charge >= 0.3 is 0 Å². The highest BCUT2D eigenvalue weighted by molar-refractivity contribution is 6.06. The van der Waals surface area contributed by atoms with Crippen LogP contribution >= 0.6 is 0 Å². The first-order chi connectivity index (χ1) is 9.47. The molecule has 0 fully saturated rings. The molecule has 2 aromatic heterocycles. The Labute approximate surface area is 120 Å². The van der Waals surface area contributed by atoms with E-state index in [-0.39, 0.29) is 0 Å². The van der Waals surface area contributed by atoms with E-state index >= 15 is 0 Å². The lowest BCUT2D eigenvalue weighted by Gasteiger charge is -2.29. The van der Waals surface area contributed by atoms with Crippen LogP contribution in [0.3, 0.4) is 0 Å². The molecule has 2 nitrogen and oxygen atoms in total. The third-order valence-electron chi connectivity index (χ3n) is 4.69. The molecule has 0 spiro atoms. The minimum Gasteiger partial charge on any atom is -0.354 e. The predicted octanol–water partition coefficient (Wildman–Crippen LogP) is 4.94. The molecule has 104 valence electrons. The smallest absolute Gasteiger partial charge is 0.0495 e. The molecular weight excluding hydrogens is 244 g/mol. The van der Waals surface area contributed by atoms with Crippen LogP contribution in [-0.4, -0.2) is 9.97 Å². The molecule has 0 saturated carbocycles. The van der Waals surface area contributed by atoms with Crippen LogP contribution in [0, 0.1) is 11.3 Å². The van der Waals surface area contributed by atoms with E-state index in [1.54, 1.807) is 0 Å². The summed E-state index contributed by atoms with van der Waals surface area (Å²) in [7, 11) is 0. The van der Waals surface area contributed by atoms with E-state index in [4.69, 9.17) is 0 Å². The average Bonchev–Trinajstić information content (AvgIpc) is 2.76. The molecule has 0 aliphatic carbocycles. The van der Waals surface area contributed by atoms with Crippen LogP contribution in [0.4, 0.5) is 0 Å². The second-order valence-electron chi connectivity index (χ2n) is 6.75. The van der Waals surface area contributed by atoms with Gasteiger partial charge in [0.25, 0.3) is 0 Å². The van der Waals surface area contributed by atoms with Crippen LogP contribution in [0.2, 0.25) is 0 Å². The van der Waals surface area contributed by atoms with Crippen LogP contribution in [0.1, 0.15) is 33.3 Å². The Morgan fingerprint density at radius 3 is 2.60 bits per heavy atom. The Bertz CT molecular complexity index is 750. The van der Waals surface area contributed by atoms with Crippen molar-refractivity contribution in [3.8, 4) is 0 Å². The summed E-state index contributed by atoms with van der Waals surface area (Å²) >= 11 is 0. The number of aromatic amines is 1. The van der Waals surface area contributed by atoms with Crippen molar-refractivity contribution >= 4 is 21.8 Å². The highest BCUT2D eigenvalue weighted by atomic mass is 14.7. The summed E-state index contributed by atoms with van der Waals surface area (Å²) in [6.07, 6.45) is 4.89. The topological polar surface area (TPSA) is 28.7 Å². The summed E-state index contributed by atoms with van der Waals surface area (Å²) in [4.78, 5) is 7.70. The molecule has 0 aliphatic rings. The molecule has 1 N–H and O–H groups in total. The van der Waals surface area contributed by atoms with Gasteiger partial charge < -0.3 is 4.98 Å². The summed E-state index contributed by atoms with van der Waals surface area (Å²) in [5.74, 6) is 0.669. The van der Waals surface area contributed by atoms with Gasteiger partial charge in [0.2, 0.25) is 0 Å². The van der Waals surface area contributed by atoms with Gasteiger partial charge in [0.15, 0.2) is 0 Å². The lowest BCUT2D eigenvalue weighted by Crippen LogP contribution is -2.21. The van der Waals surface area contributed by atoms with Crippen LogP contribution in [0.25, 0.3) is 21.8 Å². The van der Waals surface area contributed by atoms with Crippen molar-refractivity contribution in [1.29, 1.82) is 0 Å². The number of fused-ring (bicyclic) bond motifs is 3. The largest absolute Gasteiger partial charge is 0.354 e. The van der Waals surface area contributed by atoms with Crippen LogP contribution in [-0.2, 0) is 6.42 Å². The first-order valence-electron chi connectivity index (χ1n) is 7.32. The number of aromatic nitrogens is 2. The fraction of sp³-hybridized carbons (Fsp3) is 0.389. The second kappa shape index (κ2) is 4.62. The Kier molecular flexibility index (Phi) is 3.04. The molecule has 0 aliphatic heterocycles. The second-order valence-corrected chi connectivity index (χ2v) is 6.75. The SMILES string of the molecule is CC(C)C(C)(C)Cc1ccc2[nH]c3ccncc3c2c1. The summed E-state index contributed by atoms with van der Waals surface area (Å²) in [6, 6.07) is 8.80. The minimum absolute atomic E-state index is 0.317. The van der Waals surface area contributed by atoms with Gasteiger partial charge in [-0.2, -0.15) is 0 Å². The van der Waals surface area contributed by atoms with Gasteiger partial charge in [-0.1, -0.05) is 33.8 Å². The summed E-state index contributed by atoms with van der Waals surface area (Å²) in [5, 5.41) is 2.50. The lowest BCUT2D eigenvalue weighted by molar-refractivity contribution is 0.248. The highest BCUT2D eigenvalue weighted by Crippen LogP contribution is 2.32. The molecular formula is C18H22N2. The van der Waals surface area contributed by atoms with E-state index in [1.165, 1.54) is 21.9 Å². The molecule has 1 aromatic carbocycles. The average molecular weight is 266 g/mol. The monoisotopic (exact) mass is 266 g/mol. The number of nitrogens with zero attached hydrogens (tertiary/aromatic N) is 1. The summed E-state index contributed by atoms with van der Waals surface area (Å²) in [6.45, 7) is 9.29. The predicted molar refractivity (Wildman–Crippen MR) is 85.9 cm³/mol. The Morgan fingerprint density at radius 1 is 1.10 bits per heavy atom. The van der Waals surface area contributed by atoms with Crippen LogP contribution < -0.4 is 0 Å². The van der Waals surface area contributed by atoms with E-state index in [0.29, 0.717) is 11.3 Å². The lowest BCUT2D eigenvalue weighted by atomic mass is 9.76. The molecule has 0 radical (unpaired) electrons. The van der Waals surface area contributed by atoms with E-state index in [1.807, 2.05) is 18.5 Å². The minimum atomic E-state index is 0.317. The van der Waals surface area contributed by atoms with Crippen LogP contribution in [0.5, 0.6) is 0 Å². The maximum Gasteiger partial charge on any atom is 0.0495 e. The molecule has 0 bridgehead atoms. The molecule has 3 rings (SSSR count). The number of hydrogen-bond donors (Lipinski definition) is 1. The van der Waals surface area contributed by atoms with Gasteiger partial charge in [0, 0.05) is 34.2 Å². The van der Waals surface area contributed by atoms with Gasteiger partial charge in [-0.3, -0.25) is 4.98 Å².